The topological polar surface area (TPSA) is 61.9 Å². The van der Waals surface area contributed by atoms with Crippen molar-refractivity contribution in [2.45, 2.75) is 12.5 Å². The highest BCUT2D eigenvalue weighted by molar-refractivity contribution is 5.76. The average molecular weight is 268 g/mol. The predicted molar refractivity (Wildman–Crippen MR) is 77.8 cm³/mol. The second-order valence-corrected chi connectivity index (χ2v) is 4.78. The Morgan fingerprint density at radius 1 is 1.35 bits per heavy atom. The Bertz CT molecular complexity index is 591. The normalized spacial score (nSPS) is 20.6. The SMILES string of the molecule is NC(=O)N1C2=CN=CCN2C=CC1Cc1ccccc1. The number of carbonyl (C=O) groups is 1. The molecular weight excluding hydrogens is 252 g/mol. The van der Waals surface area contributed by atoms with Crippen molar-refractivity contribution in [1.82, 2.24) is 9.80 Å². The molecule has 5 heteroatoms. The minimum atomic E-state index is -0.455. The maximum atomic E-state index is 11.8. The maximum absolute atomic E-state index is 11.8. The molecule has 1 aromatic carbocycles. The van der Waals surface area contributed by atoms with Crippen LogP contribution >= 0.6 is 0 Å². The molecule has 0 aliphatic carbocycles. The van der Waals surface area contributed by atoms with E-state index in [0.29, 0.717) is 6.54 Å². The van der Waals surface area contributed by atoms with Gasteiger partial charge in [-0.3, -0.25) is 9.89 Å². The summed E-state index contributed by atoms with van der Waals surface area (Å²) in [5.41, 5.74) is 6.72. The average Bonchev–Trinajstić information content (AvgIpc) is 2.47. The molecule has 2 amide bonds. The third-order valence-corrected chi connectivity index (χ3v) is 3.46. The Morgan fingerprint density at radius 2 is 2.15 bits per heavy atom. The zero-order chi connectivity index (χ0) is 13.9. The fourth-order valence-electron chi connectivity index (χ4n) is 2.51. The molecule has 0 bridgehead atoms. The van der Waals surface area contributed by atoms with E-state index in [1.54, 1.807) is 17.3 Å². The van der Waals surface area contributed by atoms with E-state index in [4.69, 9.17) is 5.73 Å². The lowest BCUT2D eigenvalue weighted by Gasteiger charge is -2.39. The first-order valence-corrected chi connectivity index (χ1v) is 6.55. The first kappa shape index (κ1) is 12.5. The van der Waals surface area contributed by atoms with Gasteiger partial charge in [0, 0.05) is 12.4 Å². The largest absolute Gasteiger partial charge is 0.351 e. The fraction of sp³-hybridized carbons (Fsp3) is 0.200. The van der Waals surface area contributed by atoms with Crippen LogP contribution < -0.4 is 5.73 Å². The highest BCUT2D eigenvalue weighted by atomic mass is 16.2. The van der Waals surface area contributed by atoms with Gasteiger partial charge in [-0.1, -0.05) is 30.3 Å². The summed E-state index contributed by atoms with van der Waals surface area (Å²) < 4.78 is 0. The summed E-state index contributed by atoms with van der Waals surface area (Å²) in [5.74, 6) is 0.739. The Kier molecular flexibility index (Phi) is 3.25. The summed E-state index contributed by atoms with van der Waals surface area (Å²) in [5, 5.41) is 0. The molecule has 1 atom stereocenters. The Hall–Kier alpha value is -2.56. The van der Waals surface area contributed by atoms with Gasteiger partial charge in [0.2, 0.25) is 0 Å². The number of nitrogens with two attached hydrogens (primary N) is 1. The van der Waals surface area contributed by atoms with E-state index in [1.165, 1.54) is 5.56 Å². The Morgan fingerprint density at radius 3 is 2.90 bits per heavy atom. The summed E-state index contributed by atoms with van der Waals surface area (Å²) in [7, 11) is 0. The predicted octanol–water partition coefficient (Wildman–Crippen LogP) is 1.69. The lowest BCUT2D eigenvalue weighted by atomic mass is 10.0. The second-order valence-electron chi connectivity index (χ2n) is 4.78. The third-order valence-electron chi connectivity index (χ3n) is 3.46. The number of carbonyl (C=O) groups excluding carboxylic acids is 1. The van der Waals surface area contributed by atoms with Crippen molar-refractivity contribution in [2.24, 2.45) is 10.7 Å². The van der Waals surface area contributed by atoms with Crippen LogP contribution in [0.2, 0.25) is 0 Å². The van der Waals surface area contributed by atoms with Crippen molar-refractivity contribution in [2.75, 3.05) is 6.54 Å². The van der Waals surface area contributed by atoms with Gasteiger partial charge in [0.15, 0.2) is 0 Å². The Labute approximate surface area is 117 Å². The van der Waals surface area contributed by atoms with Crippen molar-refractivity contribution >= 4 is 12.2 Å². The van der Waals surface area contributed by atoms with Gasteiger partial charge in [-0.25, -0.2) is 4.79 Å². The van der Waals surface area contributed by atoms with E-state index in [9.17, 15) is 4.79 Å². The molecule has 1 aromatic rings. The highest BCUT2D eigenvalue weighted by Gasteiger charge is 2.30. The van der Waals surface area contributed by atoms with Gasteiger partial charge in [0.1, 0.15) is 5.82 Å². The molecule has 20 heavy (non-hydrogen) atoms. The number of urea groups is 1. The van der Waals surface area contributed by atoms with Gasteiger partial charge in [-0.2, -0.15) is 0 Å². The number of amides is 2. The zero-order valence-electron chi connectivity index (χ0n) is 11.0. The molecule has 102 valence electrons. The number of fused-ring (bicyclic) bond motifs is 1. The lowest BCUT2D eigenvalue weighted by molar-refractivity contribution is 0.187. The molecule has 0 aromatic heterocycles. The van der Waals surface area contributed by atoms with Gasteiger partial charge >= 0.3 is 6.03 Å². The van der Waals surface area contributed by atoms with Crippen molar-refractivity contribution in [1.29, 1.82) is 0 Å². The van der Waals surface area contributed by atoms with Crippen LogP contribution in [0, 0.1) is 0 Å². The standard InChI is InChI=1S/C15H16N4O/c16-15(20)19-13(10-12-4-2-1-3-5-12)6-8-18-9-7-17-11-14(18)19/h1-8,11,13H,9-10H2,(H2,16,20). The van der Waals surface area contributed by atoms with Gasteiger partial charge in [-0.15, -0.1) is 0 Å². The minimum Gasteiger partial charge on any atom is -0.351 e. The number of benzene rings is 1. The van der Waals surface area contributed by atoms with Crippen LogP contribution in [0.1, 0.15) is 5.56 Å². The molecule has 0 spiro atoms. The number of primary amides is 1. The van der Waals surface area contributed by atoms with E-state index in [2.05, 4.69) is 4.99 Å². The summed E-state index contributed by atoms with van der Waals surface area (Å²) in [4.78, 5) is 19.5. The van der Waals surface area contributed by atoms with Crippen molar-refractivity contribution in [3.05, 3.63) is 60.2 Å². The first-order valence-electron chi connectivity index (χ1n) is 6.55. The molecule has 0 saturated heterocycles. The van der Waals surface area contributed by atoms with E-state index in [1.807, 2.05) is 47.5 Å². The third kappa shape index (κ3) is 2.30. The number of aliphatic imine (C=N–C) groups is 1. The first-order chi connectivity index (χ1) is 9.75. The van der Waals surface area contributed by atoms with E-state index in [0.717, 1.165) is 12.2 Å². The number of rotatable bonds is 2. The van der Waals surface area contributed by atoms with Crippen LogP contribution in [0.5, 0.6) is 0 Å². The van der Waals surface area contributed by atoms with Crippen LogP contribution in [-0.2, 0) is 6.42 Å². The van der Waals surface area contributed by atoms with Crippen LogP contribution in [-0.4, -0.2) is 34.6 Å². The molecular formula is C15H16N4O. The van der Waals surface area contributed by atoms with Crippen LogP contribution in [0.25, 0.3) is 0 Å². The molecule has 3 rings (SSSR count). The fourth-order valence-corrected chi connectivity index (χ4v) is 2.51. The maximum Gasteiger partial charge on any atom is 0.321 e. The molecule has 2 N–H and O–H groups in total. The minimum absolute atomic E-state index is 0.0781. The summed E-state index contributed by atoms with van der Waals surface area (Å²) in [6.07, 6.45) is 8.20. The van der Waals surface area contributed by atoms with E-state index >= 15 is 0 Å². The summed E-state index contributed by atoms with van der Waals surface area (Å²) in [6, 6.07) is 9.53. The van der Waals surface area contributed by atoms with Crippen molar-refractivity contribution in [3.63, 3.8) is 0 Å². The second kappa shape index (κ2) is 5.21. The molecule has 2 aliphatic rings. The molecule has 0 fully saturated rings. The smallest absolute Gasteiger partial charge is 0.321 e. The summed E-state index contributed by atoms with van der Waals surface area (Å²) in [6.45, 7) is 0.657. The van der Waals surface area contributed by atoms with Crippen molar-refractivity contribution < 1.29 is 4.79 Å². The van der Waals surface area contributed by atoms with E-state index in [-0.39, 0.29) is 6.04 Å². The molecule has 2 aliphatic heterocycles. The monoisotopic (exact) mass is 268 g/mol. The lowest BCUT2D eigenvalue weighted by Crippen LogP contribution is -2.50. The molecule has 5 nitrogen and oxygen atoms in total. The quantitative estimate of drug-likeness (QED) is 0.887. The summed E-state index contributed by atoms with van der Waals surface area (Å²) >= 11 is 0. The van der Waals surface area contributed by atoms with Gasteiger partial charge in [0.05, 0.1) is 18.8 Å². The molecule has 2 heterocycles. The van der Waals surface area contributed by atoms with Crippen molar-refractivity contribution in [3.8, 4) is 0 Å². The Balaban J connectivity index is 1.90. The molecule has 0 radical (unpaired) electrons. The van der Waals surface area contributed by atoms with Crippen LogP contribution in [0.4, 0.5) is 4.79 Å². The zero-order valence-corrected chi connectivity index (χ0v) is 11.0. The van der Waals surface area contributed by atoms with Crippen LogP contribution in [0.15, 0.2) is 59.6 Å². The van der Waals surface area contributed by atoms with Gasteiger partial charge in [0.25, 0.3) is 0 Å². The van der Waals surface area contributed by atoms with E-state index < -0.39 is 6.03 Å². The molecule has 0 saturated carbocycles. The van der Waals surface area contributed by atoms with Crippen LogP contribution in [0.3, 0.4) is 0 Å². The molecule has 1 unspecified atom stereocenters. The number of hydrogen-bond donors (Lipinski definition) is 1. The highest BCUT2D eigenvalue weighted by Crippen LogP contribution is 2.24. The van der Waals surface area contributed by atoms with Gasteiger partial charge < -0.3 is 10.6 Å². The van der Waals surface area contributed by atoms with Gasteiger partial charge in [-0.05, 0) is 18.1 Å². The number of hydrogen-bond acceptors (Lipinski definition) is 3. The number of nitrogens with zero attached hydrogens (tertiary/aromatic N) is 3.